The van der Waals surface area contributed by atoms with Crippen molar-refractivity contribution in [1.29, 1.82) is 0 Å². The van der Waals surface area contributed by atoms with Gasteiger partial charge in [-0.05, 0) is 0 Å². The third-order valence-corrected chi connectivity index (χ3v) is 0.701. The van der Waals surface area contributed by atoms with Gasteiger partial charge in [-0.2, -0.15) is 13.6 Å². The summed E-state index contributed by atoms with van der Waals surface area (Å²) in [6, 6.07) is 0. The molecule has 0 aromatic rings. The van der Waals surface area contributed by atoms with Crippen LogP contribution in [-0.2, 0) is 19.3 Å². The molecule has 0 aliphatic rings. The molecule has 0 rings (SSSR count). The van der Waals surface area contributed by atoms with Crippen molar-refractivity contribution >= 4 is 27.9 Å². The van der Waals surface area contributed by atoms with E-state index < -0.39 is 16.3 Å². The van der Waals surface area contributed by atoms with Crippen molar-refractivity contribution in [2.75, 3.05) is 5.88 Å². The quantitative estimate of drug-likeness (QED) is 0.608. The van der Waals surface area contributed by atoms with E-state index in [2.05, 4.69) is 9.32 Å². The summed E-state index contributed by atoms with van der Waals surface area (Å²) in [5.41, 5.74) is 0. The van der Waals surface area contributed by atoms with E-state index >= 15 is 0 Å². The molecular weight excluding hydrogens is 194 g/mol. The zero-order valence-corrected chi connectivity index (χ0v) is 7.78. The van der Waals surface area contributed by atoms with Crippen molar-refractivity contribution in [3.05, 3.63) is 0 Å². The number of halogens is 1. The molecule has 0 spiro atoms. The zero-order chi connectivity index (χ0) is 9.49. The van der Waals surface area contributed by atoms with E-state index in [-0.39, 0.29) is 0 Å². The standard InChI is InChI=1S/C2H5Cl.C2H5NO4S/c1-2-3;1-2(4)7-8(3,5)6/h2H2,1H3;1H3,(H2,3,5,6). The predicted octanol–water partition coefficient (Wildman–Crippen LogP) is -0.00190. The van der Waals surface area contributed by atoms with Crippen LogP contribution in [0.2, 0.25) is 0 Å². The fraction of sp³-hybridized carbons (Fsp3) is 0.750. The van der Waals surface area contributed by atoms with E-state index in [0.29, 0.717) is 0 Å². The molecule has 0 heterocycles. The maximum Gasteiger partial charge on any atom is 0.382 e. The van der Waals surface area contributed by atoms with Crippen LogP contribution in [-0.4, -0.2) is 20.3 Å². The lowest BCUT2D eigenvalue weighted by molar-refractivity contribution is -0.131. The Morgan fingerprint density at radius 1 is 1.64 bits per heavy atom. The number of hydrogen-bond donors (Lipinski definition) is 1. The van der Waals surface area contributed by atoms with Gasteiger partial charge in [-0.1, -0.05) is 6.92 Å². The van der Waals surface area contributed by atoms with Crippen LogP contribution in [0.1, 0.15) is 13.8 Å². The number of alkyl halides is 1. The van der Waals surface area contributed by atoms with E-state index in [0.717, 1.165) is 12.8 Å². The first-order valence-corrected chi connectivity index (χ1v) is 4.62. The molecule has 0 aliphatic heterocycles. The highest BCUT2D eigenvalue weighted by molar-refractivity contribution is 7.84. The maximum atomic E-state index is 9.78. The van der Waals surface area contributed by atoms with Gasteiger partial charge in [-0.25, -0.2) is 0 Å². The Labute approximate surface area is 70.7 Å². The highest BCUT2D eigenvalue weighted by Crippen LogP contribution is 1.80. The van der Waals surface area contributed by atoms with Gasteiger partial charge < -0.3 is 4.18 Å². The highest BCUT2D eigenvalue weighted by atomic mass is 35.5. The van der Waals surface area contributed by atoms with Crippen LogP contribution in [0.4, 0.5) is 0 Å². The minimum atomic E-state index is -4.07. The second kappa shape index (κ2) is 6.38. The molecule has 0 aliphatic carbocycles. The summed E-state index contributed by atoms with van der Waals surface area (Å²) in [5, 5.41) is 4.27. The minimum absolute atomic E-state index is 0.722. The van der Waals surface area contributed by atoms with E-state index in [9.17, 15) is 13.2 Å². The van der Waals surface area contributed by atoms with Crippen molar-refractivity contribution in [1.82, 2.24) is 0 Å². The molecule has 0 amide bonds. The molecule has 0 atom stereocenters. The molecule has 68 valence electrons. The number of rotatable bonds is 1. The summed E-state index contributed by atoms with van der Waals surface area (Å²) >= 11 is 5.00. The average molecular weight is 204 g/mol. The summed E-state index contributed by atoms with van der Waals surface area (Å²) < 4.78 is 23.1. The number of hydrogen-bond acceptors (Lipinski definition) is 4. The lowest BCUT2D eigenvalue weighted by atomic mass is 10.9. The normalized spacial score (nSPS) is 9.45. The fourth-order valence-electron chi connectivity index (χ4n) is 0.164. The van der Waals surface area contributed by atoms with Crippen LogP contribution in [0.25, 0.3) is 0 Å². The van der Waals surface area contributed by atoms with Gasteiger partial charge in [0.25, 0.3) is 0 Å². The van der Waals surface area contributed by atoms with Gasteiger partial charge in [0.15, 0.2) is 0 Å². The zero-order valence-electron chi connectivity index (χ0n) is 6.20. The molecule has 0 unspecified atom stereocenters. The van der Waals surface area contributed by atoms with Crippen molar-refractivity contribution in [3.8, 4) is 0 Å². The SMILES string of the molecule is CC(=O)OS(N)(=O)=O.CCCl. The topological polar surface area (TPSA) is 86.5 Å². The fourth-order valence-corrected chi connectivity index (χ4v) is 0.491. The second-order valence-corrected chi connectivity index (χ2v) is 3.02. The second-order valence-electron chi connectivity index (χ2n) is 1.33. The minimum Gasteiger partial charge on any atom is -0.335 e. The molecule has 0 fully saturated rings. The maximum absolute atomic E-state index is 9.78. The molecule has 0 bridgehead atoms. The first kappa shape index (κ1) is 13.3. The van der Waals surface area contributed by atoms with Crippen LogP contribution >= 0.6 is 11.6 Å². The predicted molar refractivity (Wildman–Crippen MR) is 41.3 cm³/mol. The van der Waals surface area contributed by atoms with Gasteiger partial charge >= 0.3 is 16.3 Å². The van der Waals surface area contributed by atoms with Crippen LogP contribution in [0, 0.1) is 0 Å². The van der Waals surface area contributed by atoms with Crippen molar-refractivity contribution in [3.63, 3.8) is 0 Å². The van der Waals surface area contributed by atoms with Crippen molar-refractivity contribution in [2.24, 2.45) is 5.14 Å². The lowest BCUT2D eigenvalue weighted by Gasteiger charge is -1.91. The number of carbonyl (C=O) groups is 1. The van der Waals surface area contributed by atoms with Gasteiger partial charge in [0.1, 0.15) is 0 Å². The summed E-state index contributed by atoms with van der Waals surface area (Å²) in [5.74, 6) is -0.215. The summed E-state index contributed by atoms with van der Waals surface area (Å²) in [4.78, 5) is 9.78. The highest BCUT2D eigenvalue weighted by Gasteiger charge is 2.03. The van der Waals surface area contributed by atoms with E-state index in [1.54, 1.807) is 0 Å². The Morgan fingerprint density at radius 2 is 1.91 bits per heavy atom. The van der Waals surface area contributed by atoms with Gasteiger partial charge in [0, 0.05) is 12.8 Å². The smallest absolute Gasteiger partial charge is 0.335 e. The monoisotopic (exact) mass is 203 g/mol. The van der Waals surface area contributed by atoms with Crippen LogP contribution < -0.4 is 5.14 Å². The molecule has 0 aromatic carbocycles. The van der Waals surface area contributed by atoms with Gasteiger partial charge in [-0.15, -0.1) is 11.6 Å². The van der Waals surface area contributed by atoms with Gasteiger partial charge in [-0.3, -0.25) is 4.79 Å². The molecule has 2 N–H and O–H groups in total. The van der Waals surface area contributed by atoms with Gasteiger partial charge in [0.2, 0.25) is 0 Å². The number of carbonyl (C=O) groups excluding carboxylic acids is 1. The van der Waals surface area contributed by atoms with Crippen LogP contribution in [0.5, 0.6) is 0 Å². The first-order chi connectivity index (χ1) is 4.83. The first-order valence-electron chi connectivity index (χ1n) is 2.62. The van der Waals surface area contributed by atoms with Crippen LogP contribution in [0.3, 0.4) is 0 Å². The van der Waals surface area contributed by atoms with E-state index in [1.807, 2.05) is 6.92 Å². The molecule has 0 radical (unpaired) electrons. The Kier molecular flexibility index (Phi) is 7.70. The van der Waals surface area contributed by atoms with Crippen LogP contribution in [0.15, 0.2) is 0 Å². The van der Waals surface area contributed by atoms with Gasteiger partial charge in [0.05, 0.1) is 0 Å². The Morgan fingerprint density at radius 3 is 1.91 bits per heavy atom. The summed E-state index contributed by atoms with van der Waals surface area (Å²) in [7, 11) is -4.07. The molecule has 0 saturated carbocycles. The number of nitrogens with two attached hydrogens (primary N) is 1. The summed E-state index contributed by atoms with van der Waals surface area (Å²) in [6.45, 7) is 2.84. The molecular formula is C4H10ClNO4S. The largest absolute Gasteiger partial charge is 0.382 e. The molecule has 0 aromatic heterocycles. The Hall–Kier alpha value is -0.330. The lowest BCUT2D eigenvalue weighted by Crippen LogP contribution is -2.18. The molecule has 7 heteroatoms. The average Bonchev–Trinajstić information content (AvgIpc) is 1.57. The van der Waals surface area contributed by atoms with Crippen molar-refractivity contribution < 1.29 is 17.4 Å². The van der Waals surface area contributed by atoms with E-state index in [1.165, 1.54) is 0 Å². The molecule has 11 heavy (non-hydrogen) atoms. The van der Waals surface area contributed by atoms with E-state index in [4.69, 9.17) is 11.6 Å². The van der Waals surface area contributed by atoms with Crippen molar-refractivity contribution in [2.45, 2.75) is 13.8 Å². The third kappa shape index (κ3) is 26.1. The Bertz CT molecular complexity index is 200. The Balaban J connectivity index is 0. The third-order valence-electron chi connectivity index (χ3n) is 0.234. The summed E-state index contributed by atoms with van der Waals surface area (Å²) in [6.07, 6.45) is 0. The molecule has 0 saturated heterocycles. The molecule has 5 nitrogen and oxygen atoms in total.